The van der Waals surface area contributed by atoms with E-state index in [9.17, 15) is 5.11 Å². The Hall–Kier alpha value is -4.11. The fraction of sp³-hybridized carbons (Fsp3) is 0.321. The van der Waals surface area contributed by atoms with Crippen molar-refractivity contribution in [2.24, 2.45) is 5.92 Å². The van der Waals surface area contributed by atoms with Gasteiger partial charge in [0.1, 0.15) is 5.82 Å². The van der Waals surface area contributed by atoms with E-state index in [2.05, 4.69) is 72.1 Å². The maximum absolute atomic E-state index is 10.1. The lowest BCUT2D eigenvalue weighted by molar-refractivity contribution is 0.123. The van der Waals surface area contributed by atoms with Crippen molar-refractivity contribution in [3.63, 3.8) is 0 Å². The van der Waals surface area contributed by atoms with Gasteiger partial charge in [0.2, 0.25) is 5.82 Å². The van der Waals surface area contributed by atoms with E-state index in [1.54, 1.807) is 0 Å². The van der Waals surface area contributed by atoms with E-state index in [4.69, 9.17) is 0 Å². The molecule has 9 nitrogen and oxygen atoms in total. The molecule has 0 aliphatic carbocycles. The number of pyridine rings is 1. The van der Waals surface area contributed by atoms with Crippen LogP contribution in [0.5, 0.6) is 0 Å². The number of aliphatic hydroxyl groups excluding tert-OH is 1. The number of tetrazole rings is 1. The van der Waals surface area contributed by atoms with Crippen molar-refractivity contribution in [1.82, 2.24) is 35.6 Å². The molecule has 190 valence electrons. The number of imidazole rings is 1. The number of benzene rings is 2. The number of aromatic amines is 2. The van der Waals surface area contributed by atoms with Crippen molar-refractivity contribution in [1.29, 1.82) is 0 Å². The highest BCUT2D eigenvalue weighted by Gasteiger charge is 2.17. The van der Waals surface area contributed by atoms with Crippen LogP contribution in [0.2, 0.25) is 0 Å². The molecule has 1 aliphatic heterocycles. The number of nitrogens with zero attached hydrogens (tertiary/aromatic N) is 5. The maximum Gasteiger partial charge on any atom is 0.205 e. The maximum atomic E-state index is 10.1. The highest BCUT2D eigenvalue weighted by Crippen LogP contribution is 2.34. The van der Waals surface area contributed by atoms with Gasteiger partial charge in [-0.05, 0) is 64.9 Å². The van der Waals surface area contributed by atoms with E-state index in [-0.39, 0.29) is 5.92 Å². The molecule has 5 aromatic rings. The van der Waals surface area contributed by atoms with Gasteiger partial charge in [-0.1, -0.05) is 51.1 Å². The van der Waals surface area contributed by atoms with E-state index in [0.717, 1.165) is 47.4 Å². The summed E-state index contributed by atoms with van der Waals surface area (Å²) in [5.41, 5.74) is 9.37. The topological polar surface area (TPSA) is 128 Å². The summed E-state index contributed by atoms with van der Waals surface area (Å²) in [5.74, 6) is 1.75. The summed E-state index contributed by atoms with van der Waals surface area (Å²) >= 11 is 0. The Morgan fingerprint density at radius 2 is 1.84 bits per heavy atom. The van der Waals surface area contributed by atoms with Crippen LogP contribution in [0, 0.1) is 12.8 Å². The van der Waals surface area contributed by atoms with Gasteiger partial charge in [-0.15, -0.1) is 10.2 Å². The van der Waals surface area contributed by atoms with Crippen molar-refractivity contribution >= 4 is 16.9 Å². The average molecular weight is 497 g/mol. The smallest absolute Gasteiger partial charge is 0.205 e. The van der Waals surface area contributed by atoms with Crippen LogP contribution in [0.1, 0.15) is 55.9 Å². The second kappa shape index (κ2) is 10.5. The number of fused-ring (bicyclic) bond motifs is 2. The van der Waals surface area contributed by atoms with Gasteiger partial charge in [-0.25, -0.2) is 9.97 Å². The summed E-state index contributed by atoms with van der Waals surface area (Å²) in [4.78, 5) is 12.3. The van der Waals surface area contributed by atoms with Crippen LogP contribution in [0.4, 0.5) is 5.69 Å². The van der Waals surface area contributed by atoms with Crippen LogP contribution in [-0.4, -0.2) is 40.7 Å². The zero-order valence-corrected chi connectivity index (χ0v) is 21.6. The molecule has 0 fully saturated rings. The Bertz CT molecular complexity index is 1510. The van der Waals surface area contributed by atoms with Gasteiger partial charge in [-0.2, -0.15) is 5.21 Å². The Morgan fingerprint density at radius 1 is 1.03 bits per heavy atom. The van der Waals surface area contributed by atoms with Gasteiger partial charge in [-0.3, -0.25) is 0 Å². The van der Waals surface area contributed by atoms with Crippen molar-refractivity contribution in [2.75, 3.05) is 5.32 Å². The zero-order valence-electron chi connectivity index (χ0n) is 21.6. The van der Waals surface area contributed by atoms with Crippen LogP contribution < -0.4 is 5.32 Å². The molecule has 4 N–H and O–H groups in total. The molecule has 9 heteroatoms. The lowest BCUT2D eigenvalue weighted by atomic mass is 9.95. The number of H-pyrrole nitrogens is 2. The molecule has 0 saturated heterocycles. The molecule has 4 heterocycles. The SMILES string of the molecule is CCCc1nc2nc(C(O)C(C)C)cc(C)c2[nH]1.c1ccc(-c2nn[nH]n2)c(-c2ccc3c(c2)CN3)c1. The first kappa shape index (κ1) is 24.6. The second-order valence-corrected chi connectivity index (χ2v) is 9.69. The van der Waals surface area contributed by atoms with E-state index in [0.29, 0.717) is 17.2 Å². The number of aryl methyl sites for hydroxylation is 2. The highest BCUT2D eigenvalue weighted by atomic mass is 16.3. The average Bonchev–Trinajstić information content (AvgIpc) is 3.55. The standard InChI is InChI=1S/C14H11N5.C14H21N3O/c1-2-4-12(14-16-18-19-17-14)11(3-1)9-5-6-13-10(7-9)8-15-13;1-5-6-11-16-12-9(4)7-10(13(18)8(2)3)15-14(12)17-11/h1-7,15H,8H2,(H,16,17,18,19);7-8,13,18H,5-6H2,1-4H3,(H,15,16,17). The molecule has 1 atom stereocenters. The molecule has 1 aliphatic rings. The summed E-state index contributed by atoms with van der Waals surface area (Å²) in [6, 6.07) is 16.5. The molecule has 2 aromatic carbocycles. The van der Waals surface area contributed by atoms with Crippen LogP contribution in [0.3, 0.4) is 0 Å². The summed E-state index contributed by atoms with van der Waals surface area (Å²) < 4.78 is 0. The fourth-order valence-corrected chi connectivity index (χ4v) is 4.43. The van der Waals surface area contributed by atoms with Gasteiger partial charge in [0, 0.05) is 24.2 Å². The first-order valence-corrected chi connectivity index (χ1v) is 12.7. The van der Waals surface area contributed by atoms with E-state index in [1.807, 2.05) is 45.0 Å². The fourth-order valence-electron chi connectivity index (χ4n) is 4.43. The van der Waals surface area contributed by atoms with Crippen LogP contribution in [0.15, 0.2) is 48.5 Å². The molecule has 0 radical (unpaired) electrons. The summed E-state index contributed by atoms with van der Waals surface area (Å²) in [7, 11) is 0. The van der Waals surface area contributed by atoms with Gasteiger partial charge >= 0.3 is 0 Å². The predicted octanol–water partition coefficient (Wildman–Crippen LogP) is 5.37. The number of rotatable bonds is 6. The van der Waals surface area contributed by atoms with Crippen molar-refractivity contribution in [3.8, 4) is 22.5 Å². The Balaban J connectivity index is 0.000000152. The molecule has 0 bridgehead atoms. The third kappa shape index (κ3) is 5.08. The third-order valence-electron chi connectivity index (χ3n) is 6.55. The van der Waals surface area contributed by atoms with Gasteiger partial charge in [0.25, 0.3) is 0 Å². The molecule has 0 amide bonds. The normalized spacial score (nSPS) is 12.9. The van der Waals surface area contributed by atoms with Gasteiger partial charge < -0.3 is 15.4 Å². The summed E-state index contributed by atoms with van der Waals surface area (Å²) in [6.07, 6.45) is 1.46. The van der Waals surface area contributed by atoms with Gasteiger partial charge in [0.15, 0.2) is 5.65 Å². The monoisotopic (exact) mass is 496 g/mol. The molecular weight excluding hydrogens is 464 g/mol. The molecule has 6 rings (SSSR count). The Kier molecular flexibility index (Phi) is 6.96. The number of aromatic nitrogens is 7. The minimum Gasteiger partial charge on any atom is -0.387 e. The summed E-state index contributed by atoms with van der Waals surface area (Å²) in [5, 5.41) is 27.6. The highest BCUT2D eigenvalue weighted by molar-refractivity contribution is 5.82. The van der Waals surface area contributed by atoms with Gasteiger partial charge in [0.05, 0.1) is 17.3 Å². The second-order valence-electron chi connectivity index (χ2n) is 9.69. The number of aliphatic hydroxyl groups is 1. The lowest BCUT2D eigenvalue weighted by Gasteiger charge is -2.22. The first-order chi connectivity index (χ1) is 17.9. The number of hydrogen-bond donors (Lipinski definition) is 4. The minimum atomic E-state index is -0.528. The van der Waals surface area contributed by atoms with Crippen molar-refractivity contribution in [3.05, 3.63) is 71.2 Å². The number of nitrogens with one attached hydrogen (secondary N) is 3. The van der Waals surface area contributed by atoms with E-state index >= 15 is 0 Å². The van der Waals surface area contributed by atoms with E-state index in [1.165, 1.54) is 16.8 Å². The van der Waals surface area contributed by atoms with Crippen LogP contribution in [0.25, 0.3) is 33.7 Å². The third-order valence-corrected chi connectivity index (χ3v) is 6.55. The molecule has 0 saturated carbocycles. The Labute approximate surface area is 215 Å². The molecule has 3 aromatic heterocycles. The molecular formula is C28H32N8O. The van der Waals surface area contributed by atoms with Crippen molar-refractivity contribution < 1.29 is 5.11 Å². The van der Waals surface area contributed by atoms with Crippen LogP contribution >= 0.6 is 0 Å². The van der Waals surface area contributed by atoms with Crippen molar-refractivity contribution in [2.45, 2.75) is 53.2 Å². The first-order valence-electron chi connectivity index (χ1n) is 12.7. The summed E-state index contributed by atoms with van der Waals surface area (Å²) in [6.45, 7) is 9.06. The molecule has 1 unspecified atom stereocenters. The number of anilines is 1. The Morgan fingerprint density at radius 3 is 2.49 bits per heavy atom. The zero-order chi connectivity index (χ0) is 25.9. The largest absolute Gasteiger partial charge is 0.387 e. The quantitative estimate of drug-likeness (QED) is 0.249. The minimum absolute atomic E-state index is 0.156. The molecule has 37 heavy (non-hydrogen) atoms. The van der Waals surface area contributed by atoms with E-state index < -0.39 is 6.10 Å². The lowest BCUT2D eigenvalue weighted by Crippen LogP contribution is -2.12. The van der Waals surface area contributed by atoms with Crippen LogP contribution in [-0.2, 0) is 13.0 Å². The molecule has 0 spiro atoms. The number of hydrogen-bond acceptors (Lipinski definition) is 7. The predicted molar refractivity (Wildman–Crippen MR) is 145 cm³/mol.